The van der Waals surface area contributed by atoms with E-state index in [0.717, 1.165) is 16.8 Å². The number of nitrogens with zero attached hydrogens (tertiary/aromatic N) is 1. The van der Waals surface area contributed by atoms with Crippen molar-refractivity contribution in [2.75, 3.05) is 11.5 Å². The minimum absolute atomic E-state index is 0.154. The van der Waals surface area contributed by atoms with Gasteiger partial charge in [0.1, 0.15) is 0 Å². The Kier molecular flexibility index (Phi) is 4.38. The van der Waals surface area contributed by atoms with Crippen LogP contribution in [-0.4, -0.2) is 10.9 Å². The molecule has 3 aromatic rings. The number of nitrogens with two attached hydrogens (primary N) is 2. The number of aromatic nitrogens is 2. The molecule has 6 nitrogen and oxygen atoms in total. The van der Waals surface area contributed by atoms with E-state index in [1.54, 1.807) is 18.3 Å². The second kappa shape index (κ2) is 6.78. The lowest BCUT2D eigenvalue weighted by Crippen LogP contribution is -2.23. The van der Waals surface area contributed by atoms with Crippen molar-refractivity contribution in [2.45, 2.75) is 6.54 Å². The summed E-state index contributed by atoms with van der Waals surface area (Å²) in [5.74, 6) is 0.188. The molecule has 0 aliphatic heterocycles. The van der Waals surface area contributed by atoms with Crippen molar-refractivity contribution in [3.05, 3.63) is 71.9 Å². The number of hydrogen-bond donors (Lipinski definition) is 3. The maximum atomic E-state index is 12.2. The van der Waals surface area contributed by atoms with Gasteiger partial charge < -0.3 is 11.1 Å². The summed E-state index contributed by atoms with van der Waals surface area (Å²) >= 11 is 0. The minimum Gasteiger partial charge on any atom is -0.398 e. The van der Waals surface area contributed by atoms with Gasteiger partial charge in [0.05, 0.1) is 6.20 Å². The van der Waals surface area contributed by atoms with Gasteiger partial charge in [0.15, 0.2) is 5.69 Å². The number of rotatable bonds is 4. The number of amides is 1. The van der Waals surface area contributed by atoms with Crippen molar-refractivity contribution in [1.29, 1.82) is 0 Å². The highest BCUT2D eigenvalue weighted by atomic mass is 16.1. The molecular formula is C18H18N5O+. The Morgan fingerprint density at radius 2 is 1.79 bits per heavy atom. The SMILES string of the molecule is Nc1nc(-c2ccc(C(=O)NCc3ccccc3N)cc2)cc[nH+]1. The van der Waals surface area contributed by atoms with Crippen molar-refractivity contribution in [1.82, 2.24) is 10.3 Å². The maximum Gasteiger partial charge on any atom is 0.387 e. The molecule has 0 saturated carbocycles. The Hall–Kier alpha value is -3.41. The largest absolute Gasteiger partial charge is 0.398 e. The number of carbonyl (C=O) groups excluding carboxylic acids is 1. The fourth-order valence-electron chi connectivity index (χ4n) is 2.33. The molecule has 0 saturated heterocycles. The third kappa shape index (κ3) is 3.49. The summed E-state index contributed by atoms with van der Waals surface area (Å²) in [4.78, 5) is 19.3. The Balaban J connectivity index is 1.69. The number of anilines is 2. The maximum absolute atomic E-state index is 12.2. The summed E-state index contributed by atoms with van der Waals surface area (Å²) in [5, 5.41) is 2.86. The van der Waals surface area contributed by atoms with Gasteiger partial charge >= 0.3 is 5.95 Å². The zero-order valence-corrected chi connectivity index (χ0v) is 13.0. The molecule has 0 radical (unpaired) electrons. The van der Waals surface area contributed by atoms with E-state index in [1.807, 2.05) is 42.5 Å². The van der Waals surface area contributed by atoms with Gasteiger partial charge in [-0.05, 0) is 23.8 Å². The number of hydrogen-bond acceptors (Lipinski definition) is 4. The summed E-state index contributed by atoms with van der Waals surface area (Å²) in [6, 6.07) is 16.5. The monoisotopic (exact) mass is 320 g/mol. The van der Waals surface area contributed by atoms with Gasteiger partial charge in [-0.25, -0.2) is 4.98 Å². The van der Waals surface area contributed by atoms with Crippen LogP contribution in [0.5, 0.6) is 0 Å². The molecule has 6 heteroatoms. The Labute approximate surface area is 139 Å². The fourth-order valence-corrected chi connectivity index (χ4v) is 2.33. The molecule has 0 aliphatic carbocycles. The molecule has 0 fully saturated rings. The van der Waals surface area contributed by atoms with E-state index in [0.29, 0.717) is 23.7 Å². The number of aromatic amines is 1. The number of nitrogen functional groups attached to an aromatic ring is 2. The molecule has 0 unspecified atom stereocenters. The summed E-state index contributed by atoms with van der Waals surface area (Å²) in [6.45, 7) is 0.389. The van der Waals surface area contributed by atoms with Crippen molar-refractivity contribution < 1.29 is 9.78 Å². The van der Waals surface area contributed by atoms with Crippen LogP contribution in [0.3, 0.4) is 0 Å². The first-order chi connectivity index (χ1) is 11.6. The van der Waals surface area contributed by atoms with Crippen molar-refractivity contribution in [2.24, 2.45) is 0 Å². The highest BCUT2D eigenvalue weighted by Crippen LogP contribution is 2.17. The molecule has 0 aliphatic rings. The standard InChI is InChI=1S/C18H17N5O/c19-15-4-2-1-3-14(15)11-22-17(24)13-7-5-12(6-8-13)16-9-10-21-18(20)23-16/h1-10H,11,19H2,(H,22,24)(H2,20,21,23)/p+1. The molecule has 0 bridgehead atoms. The van der Waals surface area contributed by atoms with E-state index in [-0.39, 0.29) is 5.91 Å². The molecule has 2 aromatic carbocycles. The summed E-state index contributed by atoms with van der Waals surface area (Å²) in [5.41, 5.74) is 15.3. The van der Waals surface area contributed by atoms with E-state index in [1.165, 1.54) is 0 Å². The van der Waals surface area contributed by atoms with Crippen molar-refractivity contribution in [3.8, 4) is 11.3 Å². The van der Waals surface area contributed by atoms with Gasteiger partial charge in [-0.2, -0.15) is 0 Å². The number of para-hydroxylation sites is 1. The van der Waals surface area contributed by atoms with E-state index in [2.05, 4.69) is 15.3 Å². The van der Waals surface area contributed by atoms with Crippen LogP contribution in [0.4, 0.5) is 11.6 Å². The molecule has 24 heavy (non-hydrogen) atoms. The van der Waals surface area contributed by atoms with Gasteiger partial charge in [-0.1, -0.05) is 35.3 Å². The number of H-pyrrole nitrogens is 1. The first-order valence-corrected chi connectivity index (χ1v) is 7.50. The van der Waals surface area contributed by atoms with Gasteiger partial charge in [-0.3, -0.25) is 10.5 Å². The summed E-state index contributed by atoms with van der Waals surface area (Å²) < 4.78 is 0. The number of carbonyl (C=O) groups is 1. The van der Waals surface area contributed by atoms with Crippen molar-refractivity contribution in [3.63, 3.8) is 0 Å². The Morgan fingerprint density at radius 1 is 1.04 bits per heavy atom. The van der Waals surface area contributed by atoms with Gasteiger partial charge in [0.2, 0.25) is 0 Å². The van der Waals surface area contributed by atoms with Crippen LogP contribution in [0.15, 0.2) is 60.8 Å². The van der Waals surface area contributed by atoms with E-state index >= 15 is 0 Å². The Bertz CT molecular complexity index is 861. The third-order valence-electron chi connectivity index (χ3n) is 3.65. The average molecular weight is 320 g/mol. The molecule has 1 aromatic heterocycles. The minimum atomic E-state index is -0.154. The van der Waals surface area contributed by atoms with Gasteiger partial charge in [0.25, 0.3) is 5.91 Å². The number of nitrogens with one attached hydrogen (secondary N) is 2. The molecule has 1 amide bonds. The first kappa shape index (κ1) is 15.5. The van der Waals surface area contributed by atoms with Crippen LogP contribution in [0.1, 0.15) is 15.9 Å². The first-order valence-electron chi connectivity index (χ1n) is 7.50. The molecule has 0 atom stereocenters. The zero-order chi connectivity index (χ0) is 16.9. The zero-order valence-electron chi connectivity index (χ0n) is 13.0. The fraction of sp³-hybridized carbons (Fsp3) is 0.0556. The smallest absolute Gasteiger partial charge is 0.387 e. The molecule has 1 heterocycles. The van der Waals surface area contributed by atoms with Crippen LogP contribution in [0.2, 0.25) is 0 Å². The van der Waals surface area contributed by atoms with Crippen LogP contribution < -0.4 is 21.8 Å². The second-order valence-electron chi connectivity index (χ2n) is 5.32. The average Bonchev–Trinajstić information content (AvgIpc) is 2.61. The van der Waals surface area contributed by atoms with Crippen molar-refractivity contribution >= 4 is 17.5 Å². The predicted molar refractivity (Wildman–Crippen MR) is 92.7 cm³/mol. The highest BCUT2D eigenvalue weighted by molar-refractivity contribution is 5.94. The van der Waals surface area contributed by atoms with E-state index < -0.39 is 0 Å². The molecule has 3 rings (SSSR count). The highest BCUT2D eigenvalue weighted by Gasteiger charge is 2.09. The normalized spacial score (nSPS) is 10.3. The van der Waals surface area contributed by atoms with E-state index in [4.69, 9.17) is 11.5 Å². The lowest BCUT2D eigenvalue weighted by molar-refractivity contribution is -0.364. The topological polar surface area (TPSA) is 108 Å². The summed E-state index contributed by atoms with van der Waals surface area (Å²) in [7, 11) is 0. The Morgan fingerprint density at radius 3 is 2.50 bits per heavy atom. The van der Waals surface area contributed by atoms with Crippen LogP contribution >= 0.6 is 0 Å². The molecule has 120 valence electrons. The van der Waals surface area contributed by atoms with E-state index in [9.17, 15) is 4.79 Å². The quantitative estimate of drug-likeness (QED) is 0.635. The number of benzene rings is 2. The third-order valence-corrected chi connectivity index (χ3v) is 3.65. The van der Waals surface area contributed by atoms with Crippen LogP contribution in [0, 0.1) is 0 Å². The predicted octanol–water partition coefficient (Wildman–Crippen LogP) is 1.66. The molecular weight excluding hydrogens is 302 g/mol. The molecule has 6 N–H and O–H groups in total. The lowest BCUT2D eigenvalue weighted by Gasteiger charge is -2.08. The second-order valence-corrected chi connectivity index (χ2v) is 5.32. The van der Waals surface area contributed by atoms with Crippen LogP contribution in [0.25, 0.3) is 11.3 Å². The lowest BCUT2D eigenvalue weighted by atomic mass is 10.1. The molecule has 0 spiro atoms. The summed E-state index contributed by atoms with van der Waals surface area (Å²) in [6.07, 6.45) is 1.72. The van der Waals surface area contributed by atoms with Gasteiger partial charge in [0, 0.05) is 29.4 Å². The van der Waals surface area contributed by atoms with Crippen LogP contribution in [-0.2, 0) is 6.54 Å². The van der Waals surface area contributed by atoms with Gasteiger partial charge in [-0.15, -0.1) is 0 Å².